The van der Waals surface area contributed by atoms with Crippen LogP contribution in [0.4, 0.5) is 0 Å². The van der Waals surface area contributed by atoms with E-state index in [4.69, 9.17) is 0 Å². The third-order valence-electron chi connectivity index (χ3n) is 2.79. The standard InChI is InChI=1S/C12H23NO/c1-8(2)7-11(9(3)4)12(14)13-10-5-6-10/h8-11H,5-7H2,1-4H3,(H,13,14). The molecule has 0 aromatic carbocycles. The lowest BCUT2D eigenvalue weighted by Gasteiger charge is -2.21. The van der Waals surface area contributed by atoms with Crippen LogP contribution in [-0.4, -0.2) is 11.9 Å². The molecule has 1 unspecified atom stereocenters. The fourth-order valence-electron chi connectivity index (χ4n) is 1.73. The van der Waals surface area contributed by atoms with Crippen molar-refractivity contribution in [2.24, 2.45) is 17.8 Å². The highest BCUT2D eigenvalue weighted by molar-refractivity contribution is 5.79. The zero-order valence-corrected chi connectivity index (χ0v) is 9.84. The van der Waals surface area contributed by atoms with E-state index < -0.39 is 0 Å². The molecule has 14 heavy (non-hydrogen) atoms. The number of amides is 1. The van der Waals surface area contributed by atoms with E-state index in [1.807, 2.05) is 0 Å². The average molecular weight is 197 g/mol. The Morgan fingerprint density at radius 2 is 1.86 bits per heavy atom. The molecule has 82 valence electrons. The molecule has 0 spiro atoms. The smallest absolute Gasteiger partial charge is 0.223 e. The number of nitrogens with one attached hydrogen (secondary N) is 1. The van der Waals surface area contributed by atoms with Crippen molar-refractivity contribution in [1.82, 2.24) is 5.32 Å². The zero-order chi connectivity index (χ0) is 10.7. The highest BCUT2D eigenvalue weighted by atomic mass is 16.2. The van der Waals surface area contributed by atoms with Gasteiger partial charge in [0.1, 0.15) is 0 Å². The van der Waals surface area contributed by atoms with Gasteiger partial charge in [0.05, 0.1) is 0 Å². The summed E-state index contributed by atoms with van der Waals surface area (Å²) in [6.07, 6.45) is 3.37. The number of hydrogen-bond acceptors (Lipinski definition) is 1. The van der Waals surface area contributed by atoms with Gasteiger partial charge in [0.15, 0.2) is 0 Å². The minimum absolute atomic E-state index is 0.204. The van der Waals surface area contributed by atoms with Crippen molar-refractivity contribution in [2.45, 2.75) is 53.0 Å². The Hall–Kier alpha value is -0.530. The van der Waals surface area contributed by atoms with E-state index in [1.165, 1.54) is 12.8 Å². The van der Waals surface area contributed by atoms with Gasteiger partial charge in [-0.1, -0.05) is 27.7 Å². The number of hydrogen-bond donors (Lipinski definition) is 1. The van der Waals surface area contributed by atoms with Gasteiger partial charge >= 0.3 is 0 Å². The fourth-order valence-corrected chi connectivity index (χ4v) is 1.73. The molecular formula is C12H23NO. The van der Waals surface area contributed by atoms with E-state index in [0.717, 1.165) is 6.42 Å². The molecular weight excluding hydrogens is 174 g/mol. The molecule has 1 saturated carbocycles. The van der Waals surface area contributed by atoms with Gasteiger partial charge in [0, 0.05) is 12.0 Å². The van der Waals surface area contributed by atoms with E-state index >= 15 is 0 Å². The maximum Gasteiger partial charge on any atom is 0.223 e. The Balaban J connectivity index is 2.42. The van der Waals surface area contributed by atoms with Crippen LogP contribution in [0.3, 0.4) is 0 Å². The summed E-state index contributed by atoms with van der Waals surface area (Å²) < 4.78 is 0. The molecule has 1 rings (SSSR count). The summed E-state index contributed by atoms with van der Waals surface area (Å²) in [5.74, 6) is 1.54. The van der Waals surface area contributed by atoms with Crippen molar-refractivity contribution in [3.05, 3.63) is 0 Å². The summed E-state index contributed by atoms with van der Waals surface area (Å²) in [5.41, 5.74) is 0. The van der Waals surface area contributed by atoms with E-state index in [-0.39, 0.29) is 11.8 Å². The van der Waals surface area contributed by atoms with Gasteiger partial charge in [-0.05, 0) is 31.1 Å². The lowest BCUT2D eigenvalue weighted by atomic mass is 9.87. The first kappa shape index (κ1) is 11.5. The molecule has 1 aliphatic carbocycles. The monoisotopic (exact) mass is 197 g/mol. The van der Waals surface area contributed by atoms with Gasteiger partial charge < -0.3 is 5.32 Å². The first-order valence-corrected chi connectivity index (χ1v) is 5.81. The van der Waals surface area contributed by atoms with Gasteiger partial charge in [-0.3, -0.25) is 4.79 Å². The summed E-state index contributed by atoms with van der Waals surface area (Å²) in [6, 6.07) is 0.496. The first-order valence-electron chi connectivity index (χ1n) is 5.81. The van der Waals surface area contributed by atoms with Crippen LogP contribution in [0.25, 0.3) is 0 Å². The topological polar surface area (TPSA) is 29.1 Å². The van der Waals surface area contributed by atoms with Gasteiger partial charge in [0.25, 0.3) is 0 Å². The maximum absolute atomic E-state index is 11.9. The maximum atomic E-state index is 11.9. The minimum atomic E-state index is 0.204. The van der Waals surface area contributed by atoms with E-state index in [2.05, 4.69) is 33.0 Å². The Morgan fingerprint density at radius 3 is 2.21 bits per heavy atom. The molecule has 0 heterocycles. The third-order valence-corrected chi connectivity index (χ3v) is 2.79. The average Bonchev–Trinajstić information content (AvgIpc) is 2.82. The van der Waals surface area contributed by atoms with Crippen LogP contribution in [0.15, 0.2) is 0 Å². The van der Waals surface area contributed by atoms with Gasteiger partial charge in [-0.15, -0.1) is 0 Å². The highest BCUT2D eigenvalue weighted by Gasteiger charge is 2.29. The predicted molar refractivity (Wildman–Crippen MR) is 58.9 cm³/mol. The van der Waals surface area contributed by atoms with E-state index in [0.29, 0.717) is 17.9 Å². The lowest BCUT2D eigenvalue weighted by Crippen LogP contribution is -2.35. The Morgan fingerprint density at radius 1 is 1.29 bits per heavy atom. The van der Waals surface area contributed by atoms with Gasteiger partial charge in [-0.2, -0.15) is 0 Å². The van der Waals surface area contributed by atoms with Crippen molar-refractivity contribution < 1.29 is 4.79 Å². The van der Waals surface area contributed by atoms with Crippen molar-refractivity contribution in [1.29, 1.82) is 0 Å². The molecule has 0 aromatic heterocycles. The molecule has 0 bridgehead atoms. The molecule has 2 heteroatoms. The third kappa shape index (κ3) is 3.69. The molecule has 0 aromatic rings. The van der Waals surface area contributed by atoms with Crippen LogP contribution < -0.4 is 5.32 Å². The Kier molecular flexibility index (Phi) is 3.97. The van der Waals surface area contributed by atoms with E-state index in [9.17, 15) is 4.79 Å². The largest absolute Gasteiger partial charge is 0.353 e. The molecule has 1 aliphatic rings. The van der Waals surface area contributed by atoms with Crippen molar-refractivity contribution in [2.75, 3.05) is 0 Å². The van der Waals surface area contributed by atoms with Crippen LogP contribution in [0.1, 0.15) is 47.0 Å². The first-order chi connectivity index (χ1) is 6.50. The second-order valence-corrected chi connectivity index (χ2v) is 5.26. The molecule has 1 atom stereocenters. The molecule has 1 N–H and O–H groups in total. The second-order valence-electron chi connectivity index (χ2n) is 5.26. The van der Waals surface area contributed by atoms with Gasteiger partial charge in [-0.25, -0.2) is 0 Å². The van der Waals surface area contributed by atoms with Crippen LogP contribution in [-0.2, 0) is 4.79 Å². The minimum Gasteiger partial charge on any atom is -0.353 e. The molecule has 1 fully saturated rings. The highest BCUT2D eigenvalue weighted by Crippen LogP contribution is 2.24. The lowest BCUT2D eigenvalue weighted by molar-refractivity contribution is -0.127. The van der Waals surface area contributed by atoms with Crippen LogP contribution in [0, 0.1) is 17.8 Å². The van der Waals surface area contributed by atoms with Gasteiger partial charge in [0.2, 0.25) is 5.91 Å². The second kappa shape index (κ2) is 4.81. The predicted octanol–water partition coefficient (Wildman–Crippen LogP) is 2.58. The van der Waals surface area contributed by atoms with E-state index in [1.54, 1.807) is 0 Å². The van der Waals surface area contributed by atoms with Crippen LogP contribution in [0.5, 0.6) is 0 Å². The summed E-state index contributed by atoms with van der Waals surface area (Å²) in [6.45, 7) is 8.64. The molecule has 0 aliphatic heterocycles. The Labute approximate surface area is 87.5 Å². The molecule has 2 nitrogen and oxygen atoms in total. The molecule has 0 saturated heterocycles. The zero-order valence-electron chi connectivity index (χ0n) is 9.84. The summed E-state index contributed by atoms with van der Waals surface area (Å²) in [4.78, 5) is 11.9. The summed E-state index contributed by atoms with van der Waals surface area (Å²) in [5, 5.41) is 3.10. The molecule has 0 radical (unpaired) electrons. The summed E-state index contributed by atoms with van der Waals surface area (Å²) in [7, 11) is 0. The fraction of sp³-hybridized carbons (Fsp3) is 0.917. The number of carbonyl (C=O) groups excluding carboxylic acids is 1. The van der Waals surface area contributed by atoms with Crippen LogP contribution in [0.2, 0.25) is 0 Å². The van der Waals surface area contributed by atoms with Crippen molar-refractivity contribution in [3.63, 3.8) is 0 Å². The normalized spacial score (nSPS) is 18.7. The number of rotatable bonds is 5. The summed E-state index contributed by atoms with van der Waals surface area (Å²) >= 11 is 0. The van der Waals surface area contributed by atoms with Crippen LogP contribution >= 0.6 is 0 Å². The quantitative estimate of drug-likeness (QED) is 0.721. The Bertz CT molecular complexity index is 194. The number of carbonyl (C=O) groups is 1. The van der Waals surface area contributed by atoms with Crippen molar-refractivity contribution >= 4 is 5.91 Å². The molecule has 1 amide bonds. The SMILES string of the molecule is CC(C)CC(C(=O)NC1CC1)C(C)C. The van der Waals surface area contributed by atoms with Crippen molar-refractivity contribution in [3.8, 4) is 0 Å².